The molecule has 9 heteroatoms. The highest BCUT2D eigenvalue weighted by molar-refractivity contribution is 6.42. The number of esters is 1. The van der Waals surface area contributed by atoms with Crippen molar-refractivity contribution in [2.75, 3.05) is 6.61 Å². The van der Waals surface area contributed by atoms with E-state index >= 15 is 0 Å². The van der Waals surface area contributed by atoms with E-state index in [0.29, 0.717) is 15.6 Å². The molecule has 3 unspecified atom stereocenters. The van der Waals surface area contributed by atoms with E-state index in [-0.39, 0.29) is 19.6 Å². The number of nitrogens with two attached hydrogens (primary N) is 1. The molecule has 26 heavy (non-hydrogen) atoms. The third-order valence-corrected chi connectivity index (χ3v) is 5.93. The van der Waals surface area contributed by atoms with Crippen molar-refractivity contribution in [1.29, 1.82) is 0 Å². The number of rotatable bonds is 6. The topological polar surface area (TPSA) is 98.9 Å². The van der Waals surface area contributed by atoms with Crippen LogP contribution in [-0.4, -0.2) is 41.0 Å². The zero-order chi connectivity index (χ0) is 19.3. The first-order valence-electron chi connectivity index (χ1n) is 8.11. The van der Waals surface area contributed by atoms with Crippen molar-refractivity contribution in [3.8, 4) is 0 Å². The van der Waals surface area contributed by atoms with Crippen molar-refractivity contribution in [1.82, 2.24) is 0 Å². The molecule has 0 spiro atoms. The molecule has 142 valence electrons. The smallest absolute Gasteiger partial charge is 0.344 e. The number of ether oxygens (including phenoxy) is 2. The largest absolute Gasteiger partial charge is 0.480 e. The standard InChI is InChI=1S/C17H18Cl2FNO5/c1-2-25-15(24)16(20)9-6-12(17(21,13(9)16)14(22)23)26-7-8-3-4-10(18)11(19)5-8/h3-5,9,12-13H,2,6-7,21H2,1H3,(H,22,23)/t9-,12?,13?,16-,17?/m1/s1. The molecule has 0 amide bonds. The van der Waals surface area contributed by atoms with Crippen LogP contribution >= 0.6 is 23.2 Å². The first-order valence-corrected chi connectivity index (χ1v) is 8.86. The monoisotopic (exact) mass is 405 g/mol. The normalized spacial score (nSPS) is 35.0. The number of carbonyl (C=O) groups excluding carboxylic acids is 1. The number of benzene rings is 1. The maximum atomic E-state index is 15.0. The van der Waals surface area contributed by atoms with Crippen LogP contribution < -0.4 is 5.73 Å². The van der Waals surface area contributed by atoms with Crippen molar-refractivity contribution in [3.05, 3.63) is 33.8 Å². The summed E-state index contributed by atoms with van der Waals surface area (Å²) in [6.07, 6.45) is -0.924. The van der Waals surface area contributed by atoms with Crippen LogP contribution in [0.5, 0.6) is 0 Å². The van der Waals surface area contributed by atoms with Crippen molar-refractivity contribution in [3.63, 3.8) is 0 Å². The zero-order valence-electron chi connectivity index (χ0n) is 13.9. The summed E-state index contributed by atoms with van der Waals surface area (Å²) >= 11 is 11.8. The summed E-state index contributed by atoms with van der Waals surface area (Å²) in [5, 5.41) is 10.3. The second-order valence-corrected chi connectivity index (χ2v) is 7.41. The van der Waals surface area contributed by atoms with E-state index in [1.165, 1.54) is 0 Å². The van der Waals surface area contributed by atoms with Crippen LogP contribution in [0.15, 0.2) is 18.2 Å². The van der Waals surface area contributed by atoms with Crippen LogP contribution in [0.1, 0.15) is 18.9 Å². The second kappa shape index (κ2) is 6.64. The summed E-state index contributed by atoms with van der Waals surface area (Å²) in [4.78, 5) is 23.7. The number of aliphatic carboxylic acids is 1. The van der Waals surface area contributed by atoms with Crippen LogP contribution in [-0.2, 0) is 25.7 Å². The lowest BCUT2D eigenvalue weighted by Crippen LogP contribution is -2.60. The minimum absolute atomic E-state index is 0.00579. The van der Waals surface area contributed by atoms with Gasteiger partial charge in [0.1, 0.15) is 5.54 Å². The van der Waals surface area contributed by atoms with E-state index in [2.05, 4.69) is 0 Å². The van der Waals surface area contributed by atoms with Gasteiger partial charge >= 0.3 is 11.9 Å². The predicted molar refractivity (Wildman–Crippen MR) is 91.7 cm³/mol. The van der Waals surface area contributed by atoms with Gasteiger partial charge in [0.25, 0.3) is 0 Å². The Morgan fingerprint density at radius 3 is 2.65 bits per heavy atom. The average molecular weight is 406 g/mol. The maximum Gasteiger partial charge on any atom is 0.344 e. The summed E-state index contributed by atoms with van der Waals surface area (Å²) in [5.74, 6) is -4.48. The highest BCUT2D eigenvalue weighted by Gasteiger charge is 2.85. The van der Waals surface area contributed by atoms with E-state index in [1.807, 2.05) is 0 Å². The molecule has 3 N–H and O–H groups in total. The molecule has 0 aliphatic heterocycles. The molecular weight excluding hydrogens is 388 g/mol. The summed E-state index contributed by atoms with van der Waals surface area (Å²) < 4.78 is 25.4. The Morgan fingerprint density at radius 2 is 2.08 bits per heavy atom. The molecular formula is C17H18Cl2FNO5. The highest BCUT2D eigenvalue weighted by Crippen LogP contribution is 2.67. The van der Waals surface area contributed by atoms with E-state index in [9.17, 15) is 19.1 Å². The molecule has 5 atom stereocenters. The van der Waals surface area contributed by atoms with Crippen LogP contribution in [0.3, 0.4) is 0 Å². The lowest BCUT2D eigenvalue weighted by Gasteiger charge is -2.32. The summed E-state index contributed by atoms with van der Waals surface area (Å²) in [6.45, 7) is 1.59. The lowest BCUT2D eigenvalue weighted by molar-refractivity contribution is -0.159. The Balaban J connectivity index is 1.75. The molecule has 1 aromatic rings. The van der Waals surface area contributed by atoms with Crippen LogP contribution in [0, 0.1) is 11.8 Å². The molecule has 2 aliphatic rings. The minimum Gasteiger partial charge on any atom is -0.480 e. The molecule has 1 aromatic carbocycles. The Labute approximate surface area is 159 Å². The van der Waals surface area contributed by atoms with Crippen molar-refractivity contribution >= 4 is 35.1 Å². The van der Waals surface area contributed by atoms with Gasteiger partial charge in [0.15, 0.2) is 0 Å². The molecule has 0 heterocycles. The maximum absolute atomic E-state index is 15.0. The number of hydrogen-bond donors (Lipinski definition) is 2. The van der Waals surface area contributed by atoms with Crippen LogP contribution in [0.4, 0.5) is 4.39 Å². The SMILES string of the molecule is CCOC(=O)[C@]1(F)C2[C@H]1CC(OCc1ccc(Cl)c(Cl)c1)C2(N)C(=O)O. The zero-order valence-corrected chi connectivity index (χ0v) is 15.4. The first-order chi connectivity index (χ1) is 12.2. The van der Waals surface area contributed by atoms with E-state index < -0.39 is 41.1 Å². The Hall–Kier alpha value is -1.41. The van der Waals surface area contributed by atoms with Crippen molar-refractivity contribution in [2.45, 2.75) is 37.3 Å². The summed E-state index contributed by atoms with van der Waals surface area (Å²) in [5.41, 5.74) is 2.33. The molecule has 2 aliphatic carbocycles. The molecule has 0 radical (unpaired) electrons. The highest BCUT2D eigenvalue weighted by atomic mass is 35.5. The Morgan fingerprint density at radius 1 is 1.38 bits per heavy atom. The minimum atomic E-state index is -2.37. The number of carboxylic acid groups (broad SMARTS) is 1. The fourth-order valence-corrected chi connectivity index (χ4v) is 4.18. The first kappa shape index (κ1) is 19.4. The average Bonchev–Trinajstić information content (AvgIpc) is 3.05. The van der Waals surface area contributed by atoms with Gasteiger partial charge in [0.2, 0.25) is 5.67 Å². The summed E-state index contributed by atoms with van der Waals surface area (Å²) in [7, 11) is 0. The third-order valence-electron chi connectivity index (χ3n) is 5.19. The summed E-state index contributed by atoms with van der Waals surface area (Å²) in [6, 6.07) is 4.87. The van der Waals surface area contributed by atoms with Gasteiger partial charge in [-0.15, -0.1) is 0 Å². The van der Waals surface area contributed by atoms with Crippen LogP contribution in [0.2, 0.25) is 10.0 Å². The Bertz CT molecular complexity index is 763. The molecule has 2 fully saturated rings. The number of carbonyl (C=O) groups is 2. The molecule has 0 aromatic heterocycles. The van der Waals surface area contributed by atoms with Crippen molar-refractivity contribution < 1.29 is 28.6 Å². The number of fused-ring (bicyclic) bond motifs is 1. The van der Waals surface area contributed by atoms with Gasteiger partial charge in [-0.2, -0.15) is 0 Å². The van der Waals surface area contributed by atoms with Crippen molar-refractivity contribution in [2.24, 2.45) is 17.6 Å². The second-order valence-electron chi connectivity index (χ2n) is 6.59. The molecule has 2 saturated carbocycles. The van der Waals surface area contributed by atoms with Crippen LogP contribution in [0.25, 0.3) is 0 Å². The number of hydrogen-bond acceptors (Lipinski definition) is 5. The molecule has 0 bridgehead atoms. The Kier molecular flexibility index (Phi) is 4.94. The number of carboxylic acids is 1. The van der Waals surface area contributed by atoms with Gasteiger partial charge in [-0.1, -0.05) is 29.3 Å². The van der Waals surface area contributed by atoms with E-state index in [4.69, 9.17) is 38.4 Å². The van der Waals surface area contributed by atoms with Gasteiger partial charge in [-0.25, -0.2) is 9.18 Å². The fraction of sp³-hybridized carbons (Fsp3) is 0.529. The van der Waals surface area contributed by atoms with Gasteiger partial charge in [0.05, 0.1) is 29.4 Å². The van der Waals surface area contributed by atoms with E-state index in [1.54, 1.807) is 25.1 Å². The third kappa shape index (κ3) is 2.78. The lowest BCUT2D eigenvalue weighted by atomic mass is 9.88. The number of halogens is 3. The van der Waals surface area contributed by atoms with E-state index in [0.717, 1.165) is 0 Å². The van der Waals surface area contributed by atoms with Gasteiger partial charge in [-0.05, 0) is 31.0 Å². The molecule has 0 saturated heterocycles. The molecule has 6 nitrogen and oxygen atoms in total. The quantitative estimate of drug-likeness (QED) is 0.705. The fourth-order valence-electron chi connectivity index (χ4n) is 3.86. The molecule has 3 rings (SSSR count). The van der Waals surface area contributed by atoms with Gasteiger partial charge in [-0.3, -0.25) is 4.79 Å². The van der Waals surface area contributed by atoms with Gasteiger partial charge < -0.3 is 20.3 Å². The predicted octanol–water partition coefficient (Wildman–Crippen LogP) is 2.58. The van der Waals surface area contributed by atoms with Gasteiger partial charge in [0, 0.05) is 11.8 Å². The number of alkyl halides is 1.